The number of hydrogen-bond donors (Lipinski definition) is 13. The fraction of sp³-hybridized carbons (Fsp3) is 0.545. The molecule has 13 N–H and O–H groups in total. The van der Waals surface area contributed by atoms with E-state index < -0.39 is 140 Å². The third kappa shape index (κ3) is 7.45. The van der Waals surface area contributed by atoms with Crippen molar-refractivity contribution in [3.05, 3.63) is 46.6 Å². The van der Waals surface area contributed by atoms with Crippen molar-refractivity contribution in [3.8, 4) is 34.3 Å². The highest BCUT2D eigenvalue weighted by molar-refractivity contribution is 5.88. The van der Waals surface area contributed by atoms with Crippen LogP contribution in [-0.2, 0) is 14.2 Å². The minimum atomic E-state index is -1.97. The Bertz CT molecular complexity index is 1800. The van der Waals surface area contributed by atoms with Gasteiger partial charge in [-0.25, -0.2) is 0 Å². The highest BCUT2D eigenvalue weighted by Crippen LogP contribution is 2.39. The largest absolute Gasteiger partial charge is 0.507 e. The summed E-state index contributed by atoms with van der Waals surface area (Å²) in [6, 6.07) is 7.25. The second-order valence-corrected chi connectivity index (χ2v) is 12.9. The molecule has 298 valence electrons. The number of phenols is 1. The molecule has 3 aliphatic rings. The fourth-order valence-corrected chi connectivity index (χ4v) is 6.19. The van der Waals surface area contributed by atoms with Crippen LogP contribution in [-0.4, -0.2) is 178 Å². The standard InChI is InChI=1S/C33H40O21/c34-7-15-19(38)23(42)26(45)31(51-15)48-11-3-1-10(2-4-11)29-30(54-33-28(47)25(44)21(40)17(9-36)53-33)22(41)18-13(37)5-12(6-14(18)50-29)49-32-27(46)24(43)20(39)16(8-35)52-32/h1-6,15-17,19-21,23-28,31-40,42-47H,7-9H2/t15-,16-,17-,19-,20-,21-,23+,24+,25+,26-,27-,28-,31-,32-,33+/m1/s1. The zero-order valence-corrected chi connectivity index (χ0v) is 27.8. The molecule has 0 spiro atoms. The van der Waals surface area contributed by atoms with E-state index in [2.05, 4.69) is 0 Å². The van der Waals surface area contributed by atoms with Crippen molar-refractivity contribution in [1.29, 1.82) is 0 Å². The van der Waals surface area contributed by atoms with Crippen molar-refractivity contribution in [1.82, 2.24) is 0 Å². The minimum absolute atomic E-state index is 0.00970. The molecule has 54 heavy (non-hydrogen) atoms. The number of hydrogen-bond acceptors (Lipinski definition) is 21. The van der Waals surface area contributed by atoms with E-state index in [9.17, 15) is 71.2 Å². The molecule has 21 nitrogen and oxygen atoms in total. The average molecular weight is 773 g/mol. The van der Waals surface area contributed by atoms with Crippen molar-refractivity contribution in [2.45, 2.75) is 92.1 Å². The van der Waals surface area contributed by atoms with Gasteiger partial charge in [-0.1, -0.05) is 0 Å². The van der Waals surface area contributed by atoms with E-state index >= 15 is 0 Å². The van der Waals surface area contributed by atoms with Crippen molar-refractivity contribution in [2.75, 3.05) is 19.8 Å². The summed E-state index contributed by atoms with van der Waals surface area (Å²) in [5.41, 5.74) is -1.38. The maximum Gasteiger partial charge on any atom is 0.239 e. The SMILES string of the molecule is O=c1c(O[C@@H]2O[C@H](CO)[C@@H](O)[C@H](O)[C@H]2O)c(-c2ccc(O[C@@H]3O[C@H](CO)[C@@H](O)[C@H](O)[C@H]3O)cc2)oc2cc(O[C@@H]3O[C@H](CO)[C@@H](O)[C@H](O)[C@H]3O)cc(O)c12. The Morgan fingerprint density at radius 1 is 0.537 bits per heavy atom. The van der Waals surface area contributed by atoms with Gasteiger partial charge in [-0.15, -0.1) is 0 Å². The number of fused-ring (bicyclic) bond motifs is 1. The van der Waals surface area contributed by atoms with Crippen LogP contribution in [0.2, 0.25) is 0 Å². The molecule has 3 fully saturated rings. The molecule has 6 rings (SSSR count). The zero-order valence-electron chi connectivity index (χ0n) is 27.8. The lowest BCUT2D eigenvalue weighted by molar-refractivity contribution is -0.277. The van der Waals surface area contributed by atoms with Gasteiger partial charge in [0.05, 0.1) is 19.8 Å². The summed E-state index contributed by atoms with van der Waals surface area (Å²) in [7, 11) is 0. The molecule has 0 saturated carbocycles. The number of rotatable bonds is 10. The molecule has 3 aliphatic heterocycles. The van der Waals surface area contributed by atoms with Gasteiger partial charge in [-0.05, 0) is 24.3 Å². The first kappa shape index (κ1) is 39.9. The van der Waals surface area contributed by atoms with Gasteiger partial charge in [-0.2, -0.15) is 0 Å². The Kier molecular flexibility index (Phi) is 11.9. The second-order valence-electron chi connectivity index (χ2n) is 12.9. The van der Waals surface area contributed by atoms with Crippen LogP contribution in [0.25, 0.3) is 22.3 Å². The van der Waals surface area contributed by atoms with E-state index in [1.54, 1.807) is 0 Å². The zero-order chi connectivity index (χ0) is 39.2. The Morgan fingerprint density at radius 3 is 1.41 bits per heavy atom. The number of benzene rings is 2. The molecule has 0 unspecified atom stereocenters. The van der Waals surface area contributed by atoms with Gasteiger partial charge in [0.1, 0.15) is 101 Å². The number of aliphatic hydroxyl groups excluding tert-OH is 12. The minimum Gasteiger partial charge on any atom is -0.507 e. The molecule has 21 heteroatoms. The smallest absolute Gasteiger partial charge is 0.239 e. The molecule has 15 atom stereocenters. The van der Waals surface area contributed by atoms with Gasteiger partial charge in [0.15, 0.2) is 5.76 Å². The number of aromatic hydroxyl groups is 1. The summed E-state index contributed by atoms with van der Waals surface area (Å²) in [5.74, 6) is -2.14. The number of phenolic OH excluding ortho intramolecular Hbond substituents is 1. The second kappa shape index (κ2) is 16.2. The molecule has 3 saturated heterocycles. The molecule has 2 aromatic carbocycles. The van der Waals surface area contributed by atoms with E-state index in [1.165, 1.54) is 24.3 Å². The summed E-state index contributed by atoms with van der Waals surface area (Å²) in [4.78, 5) is 14.0. The lowest BCUT2D eigenvalue weighted by Gasteiger charge is -2.39. The average Bonchev–Trinajstić information content (AvgIpc) is 3.16. The lowest BCUT2D eigenvalue weighted by Crippen LogP contribution is -2.60. The summed E-state index contributed by atoms with van der Waals surface area (Å²) < 4.78 is 39.1. The first-order valence-electron chi connectivity index (χ1n) is 16.5. The van der Waals surface area contributed by atoms with Gasteiger partial charge in [0.2, 0.25) is 30.0 Å². The van der Waals surface area contributed by atoms with Crippen LogP contribution in [0.3, 0.4) is 0 Å². The number of aliphatic hydroxyl groups is 12. The summed E-state index contributed by atoms with van der Waals surface area (Å²) >= 11 is 0. The monoisotopic (exact) mass is 772 g/mol. The Hall–Kier alpha value is -3.75. The van der Waals surface area contributed by atoms with Gasteiger partial charge < -0.3 is 99.2 Å². The maximum atomic E-state index is 14.0. The number of ether oxygens (including phenoxy) is 6. The third-order valence-corrected chi connectivity index (χ3v) is 9.31. The highest BCUT2D eigenvalue weighted by atomic mass is 16.7. The predicted octanol–water partition coefficient (Wildman–Crippen LogP) is -5.30. The Balaban J connectivity index is 1.38. The highest BCUT2D eigenvalue weighted by Gasteiger charge is 2.47. The molecule has 3 aromatic rings. The predicted molar refractivity (Wildman–Crippen MR) is 173 cm³/mol. The maximum absolute atomic E-state index is 14.0. The van der Waals surface area contributed by atoms with Gasteiger partial charge >= 0.3 is 0 Å². The van der Waals surface area contributed by atoms with Gasteiger partial charge in [0.25, 0.3) is 0 Å². The van der Waals surface area contributed by atoms with Crippen LogP contribution in [0.5, 0.6) is 23.0 Å². The van der Waals surface area contributed by atoms with E-state index in [0.29, 0.717) is 0 Å². The lowest BCUT2D eigenvalue weighted by atomic mass is 9.99. The normalized spacial score (nSPS) is 37.2. The van der Waals surface area contributed by atoms with E-state index in [-0.39, 0.29) is 22.6 Å². The van der Waals surface area contributed by atoms with Crippen molar-refractivity contribution >= 4 is 11.0 Å². The Labute approximate surface area is 303 Å². The molecule has 0 radical (unpaired) electrons. The molecule has 4 heterocycles. The summed E-state index contributed by atoms with van der Waals surface area (Å²) in [6.45, 7) is -2.28. The topological polar surface area (TPSA) is 349 Å². The first-order chi connectivity index (χ1) is 25.7. The van der Waals surface area contributed by atoms with Crippen molar-refractivity contribution in [3.63, 3.8) is 0 Å². The van der Waals surface area contributed by atoms with Crippen molar-refractivity contribution in [2.24, 2.45) is 0 Å². The van der Waals surface area contributed by atoms with Crippen molar-refractivity contribution < 1.29 is 99.2 Å². The summed E-state index contributed by atoms with van der Waals surface area (Å²) in [6.07, 6.45) is -25.2. The third-order valence-electron chi connectivity index (χ3n) is 9.31. The molecular formula is C33H40O21. The Morgan fingerprint density at radius 2 is 0.963 bits per heavy atom. The van der Waals surface area contributed by atoms with E-state index in [1.807, 2.05) is 0 Å². The van der Waals surface area contributed by atoms with E-state index in [0.717, 1.165) is 12.1 Å². The van der Waals surface area contributed by atoms with Gasteiger partial charge in [0, 0.05) is 17.7 Å². The fourth-order valence-electron chi connectivity index (χ4n) is 6.19. The van der Waals surface area contributed by atoms with Gasteiger partial charge in [-0.3, -0.25) is 4.79 Å². The van der Waals surface area contributed by atoms with Crippen LogP contribution in [0, 0.1) is 0 Å². The van der Waals surface area contributed by atoms with Crippen LogP contribution in [0.15, 0.2) is 45.6 Å². The summed E-state index contributed by atoms with van der Waals surface area (Å²) in [5, 5.41) is 132. The quantitative estimate of drug-likeness (QED) is 0.0915. The molecule has 0 amide bonds. The first-order valence-corrected chi connectivity index (χ1v) is 16.5. The van der Waals surface area contributed by atoms with Crippen LogP contribution in [0.1, 0.15) is 0 Å². The van der Waals surface area contributed by atoms with Crippen LogP contribution < -0.4 is 19.6 Å². The molecule has 1 aromatic heterocycles. The molecular weight excluding hydrogens is 732 g/mol. The molecule has 0 aliphatic carbocycles. The van der Waals surface area contributed by atoms with Crippen LogP contribution in [0.4, 0.5) is 0 Å². The molecule has 0 bridgehead atoms. The van der Waals surface area contributed by atoms with E-state index in [4.69, 9.17) is 32.8 Å². The van der Waals surface area contributed by atoms with Crippen LogP contribution >= 0.6 is 0 Å².